The van der Waals surface area contributed by atoms with Crippen LogP contribution >= 0.6 is 0 Å². The van der Waals surface area contributed by atoms with Gasteiger partial charge in [-0.15, -0.1) is 0 Å². The van der Waals surface area contributed by atoms with Crippen LogP contribution in [0.25, 0.3) is 0 Å². The van der Waals surface area contributed by atoms with Crippen LogP contribution in [-0.4, -0.2) is 267 Å². The highest BCUT2D eigenvalue weighted by Gasteiger charge is 2.15. The average molecular weight is 681 g/mol. The van der Waals surface area contributed by atoms with E-state index >= 15 is 0 Å². The zero-order valence-corrected chi connectivity index (χ0v) is 37.0. The van der Waals surface area contributed by atoms with Gasteiger partial charge < -0.3 is 14.7 Å². The first-order valence-electron chi connectivity index (χ1n) is 17.0. The second-order valence-corrected chi connectivity index (χ2v) is 16.2. The second-order valence-electron chi connectivity index (χ2n) is 16.2. The molecule has 0 unspecified atom stereocenters. The van der Waals surface area contributed by atoms with Crippen molar-refractivity contribution < 1.29 is 0 Å². The van der Waals surface area contributed by atoms with E-state index in [4.69, 9.17) is 0 Å². The van der Waals surface area contributed by atoms with Gasteiger partial charge in [0.2, 0.25) is 0 Å². The first-order valence-corrected chi connectivity index (χ1v) is 17.0. The molecule has 0 saturated carbocycles. The summed E-state index contributed by atoms with van der Waals surface area (Å²) in [5, 5.41) is 0. The normalized spacial score (nSPS) is 12.0. The Labute approximate surface area is 298 Å². The van der Waals surface area contributed by atoms with Crippen molar-refractivity contribution in [2.45, 2.75) is 26.6 Å². The van der Waals surface area contributed by atoms with Crippen molar-refractivity contribution >= 4 is 0 Å². The first-order chi connectivity index (χ1) is 21.1. The van der Waals surface area contributed by atoms with E-state index in [1.54, 1.807) is 0 Å². The highest BCUT2D eigenvalue weighted by Crippen LogP contribution is 2.13. The summed E-state index contributed by atoms with van der Waals surface area (Å²) in [6.45, 7) is 11.0. The van der Waals surface area contributed by atoms with E-state index in [9.17, 15) is 0 Å². The first kappa shape index (κ1) is 55.9. The highest BCUT2D eigenvalue weighted by molar-refractivity contribution is 4.66. The van der Waals surface area contributed by atoms with E-state index in [1.807, 2.05) is 26.0 Å². The minimum absolute atomic E-state index is 0.389. The number of hydrogen-bond donors (Lipinski definition) is 0. The van der Waals surface area contributed by atoms with Crippen LogP contribution < -0.4 is 0 Å². The molecule has 0 aromatic carbocycles. The van der Waals surface area contributed by atoms with Crippen molar-refractivity contribution in [2.24, 2.45) is 11.8 Å². The highest BCUT2D eigenvalue weighted by atomic mass is 15.5. The van der Waals surface area contributed by atoms with Crippen LogP contribution in [0, 0.1) is 11.8 Å². The summed E-state index contributed by atoms with van der Waals surface area (Å²) < 4.78 is 0. The third kappa shape index (κ3) is 55.2. The van der Waals surface area contributed by atoms with E-state index in [0.717, 1.165) is 38.5 Å². The van der Waals surface area contributed by atoms with Crippen LogP contribution in [0.5, 0.6) is 0 Å². The van der Waals surface area contributed by atoms with E-state index in [-0.39, 0.29) is 0 Å². The lowest BCUT2D eigenvalue weighted by atomic mass is 9.96. The molecule has 0 rings (SSSR count). The molecule has 0 aliphatic heterocycles. The van der Waals surface area contributed by atoms with E-state index < -0.39 is 0 Å². The van der Waals surface area contributed by atoms with Crippen molar-refractivity contribution in [3.05, 3.63) is 0 Å². The van der Waals surface area contributed by atoms with Gasteiger partial charge in [-0.05, 0) is 180 Å². The molecule has 0 bridgehead atoms. The molecule has 12 nitrogen and oxygen atoms in total. The zero-order chi connectivity index (χ0) is 38.6. The second kappa shape index (κ2) is 34.0. The van der Waals surface area contributed by atoms with Gasteiger partial charge in [0.25, 0.3) is 0 Å². The minimum Gasteiger partial charge on any atom is -0.312 e. The Balaban J connectivity index is -0.000000164. The molecule has 0 saturated heterocycles. The lowest BCUT2D eigenvalue weighted by Gasteiger charge is -2.35. The number of rotatable bonds is 17. The largest absolute Gasteiger partial charge is 0.312 e. The fourth-order valence-corrected chi connectivity index (χ4v) is 5.32. The standard InChI is InChI=1S/C11H26N2.C9H24N4.C7H19N3.C5H14N2.C3H9N/c1-10(2)7-11(8-12(3)4)9-13(5)6;1-10(2)7-12(5)9-13(6)8-11(3)4;1-8(2)7(9(3)4)10(5)6;1-6(2)5-7(3)4;1-4(2)3/h10-11H,7-9H2,1-6H3;7-9H2,1-6H3;7H,1-6H3;5H2,1-4H3;1-3H3. The van der Waals surface area contributed by atoms with E-state index in [1.165, 1.54) is 19.5 Å². The molecule has 0 aromatic rings. The topological polar surface area (TPSA) is 38.9 Å². The van der Waals surface area contributed by atoms with Crippen LogP contribution in [0.4, 0.5) is 0 Å². The van der Waals surface area contributed by atoms with Crippen molar-refractivity contribution in [3.63, 3.8) is 0 Å². The van der Waals surface area contributed by atoms with Crippen LogP contribution in [0.1, 0.15) is 20.3 Å². The van der Waals surface area contributed by atoms with Crippen molar-refractivity contribution in [2.75, 3.05) is 202 Å². The summed E-state index contributed by atoms with van der Waals surface area (Å²) in [5.74, 6) is 1.62. The third-order valence-corrected chi connectivity index (χ3v) is 5.53. The summed E-state index contributed by atoms with van der Waals surface area (Å²) in [6.07, 6.45) is 1.72. The SMILES string of the molecule is CC(C)CC(CN(C)C)CN(C)C.CN(C)C.CN(C)C(N(C)C)N(C)C.CN(C)CN(C)C.CN(C)CN(C)CN(C)CN(C)C. The molecule has 0 aromatic heterocycles. The Morgan fingerprint density at radius 3 is 0.723 bits per heavy atom. The molecule has 292 valence electrons. The molecule has 0 atom stereocenters. The molecule has 0 aliphatic carbocycles. The molecule has 0 N–H and O–H groups in total. The molecule has 0 amide bonds. The molecule has 0 spiro atoms. The molecule has 12 heteroatoms. The Morgan fingerprint density at radius 2 is 0.596 bits per heavy atom. The molecule has 0 radical (unpaired) electrons. The van der Waals surface area contributed by atoms with Gasteiger partial charge >= 0.3 is 0 Å². The molecular formula is C35H92N12. The quantitative estimate of drug-likeness (QED) is 0.211. The van der Waals surface area contributed by atoms with Gasteiger partial charge in [0.15, 0.2) is 0 Å². The van der Waals surface area contributed by atoms with Crippen molar-refractivity contribution in [3.8, 4) is 0 Å². The van der Waals surface area contributed by atoms with E-state index in [2.05, 4.69) is 209 Å². The average Bonchev–Trinajstić information content (AvgIpc) is 2.75. The van der Waals surface area contributed by atoms with Crippen molar-refractivity contribution in [1.82, 2.24) is 58.8 Å². The summed E-state index contributed by atoms with van der Waals surface area (Å²) >= 11 is 0. The van der Waals surface area contributed by atoms with Gasteiger partial charge in [-0.25, -0.2) is 0 Å². The van der Waals surface area contributed by atoms with Gasteiger partial charge in [-0.1, -0.05) is 13.8 Å². The van der Waals surface area contributed by atoms with Gasteiger partial charge in [0.05, 0.1) is 20.0 Å². The lowest BCUT2D eigenvalue weighted by molar-refractivity contribution is 0.00961. The Hall–Kier alpha value is -0.480. The van der Waals surface area contributed by atoms with Gasteiger partial charge in [-0.3, -0.25) is 44.1 Å². The van der Waals surface area contributed by atoms with Crippen LogP contribution in [0.3, 0.4) is 0 Å². The van der Waals surface area contributed by atoms with Crippen molar-refractivity contribution in [1.29, 1.82) is 0 Å². The lowest BCUT2D eigenvalue weighted by Crippen LogP contribution is -2.50. The van der Waals surface area contributed by atoms with Crippen LogP contribution in [0.2, 0.25) is 0 Å². The maximum Gasteiger partial charge on any atom is 0.118 e. The maximum atomic E-state index is 2.30. The molecule has 0 heterocycles. The van der Waals surface area contributed by atoms with Gasteiger partial charge in [-0.2, -0.15) is 0 Å². The predicted octanol–water partition coefficient (Wildman–Crippen LogP) is 1.82. The Morgan fingerprint density at radius 1 is 0.340 bits per heavy atom. The fourth-order valence-electron chi connectivity index (χ4n) is 5.32. The Kier molecular flexibility index (Phi) is 40.4. The maximum absolute atomic E-state index is 2.30. The van der Waals surface area contributed by atoms with Gasteiger partial charge in [0, 0.05) is 19.8 Å². The van der Waals surface area contributed by atoms with Crippen LogP contribution in [-0.2, 0) is 0 Å². The number of nitrogens with zero attached hydrogens (tertiary/aromatic N) is 12. The molecular weight excluding hydrogens is 588 g/mol. The smallest absolute Gasteiger partial charge is 0.118 e. The van der Waals surface area contributed by atoms with Gasteiger partial charge in [0.1, 0.15) is 6.29 Å². The summed E-state index contributed by atoms with van der Waals surface area (Å²) in [4.78, 5) is 26.2. The minimum atomic E-state index is 0.389. The molecule has 0 aliphatic rings. The number of hydrogen-bond acceptors (Lipinski definition) is 12. The third-order valence-electron chi connectivity index (χ3n) is 5.53. The predicted molar refractivity (Wildman–Crippen MR) is 214 cm³/mol. The fraction of sp³-hybridized carbons (Fsp3) is 1.00. The monoisotopic (exact) mass is 681 g/mol. The Bertz CT molecular complexity index is 544. The molecule has 0 fully saturated rings. The molecule has 47 heavy (non-hydrogen) atoms. The van der Waals surface area contributed by atoms with Crippen LogP contribution in [0.15, 0.2) is 0 Å². The zero-order valence-electron chi connectivity index (χ0n) is 37.0. The summed E-state index contributed by atoms with van der Waals surface area (Å²) in [6, 6.07) is 0. The summed E-state index contributed by atoms with van der Waals surface area (Å²) in [7, 11) is 47.9. The summed E-state index contributed by atoms with van der Waals surface area (Å²) in [5.41, 5.74) is 0. The van der Waals surface area contributed by atoms with E-state index in [0.29, 0.717) is 6.29 Å².